The van der Waals surface area contributed by atoms with Crippen LogP contribution in [0.15, 0.2) is 65.7 Å². The number of benzene rings is 2. The Morgan fingerprint density at radius 1 is 1.03 bits per heavy atom. The van der Waals surface area contributed by atoms with Crippen LogP contribution in [0.5, 0.6) is 5.75 Å². The Bertz CT molecular complexity index is 1330. The second-order valence-electron chi connectivity index (χ2n) is 6.34. The third kappa shape index (κ3) is 3.76. The van der Waals surface area contributed by atoms with Crippen molar-refractivity contribution in [1.82, 2.24) is 9.55 Å². The van der Waals surface area contributed by atoms with Crippen molar-refractivity contribution < 1.29 is 26.3 Å². The van der Waals surface area contributed by atoms with Crippen molar-refractivity contribution in [2.24, 2.45) is 5.14 Å². The number of fused-ring (bicyclic) bond motifs is 3. The minimum Gasteiger partial charge on any atom is -0.406 e. The Balaban J connectivity index is 1.91. The van der Waals surface area contributed by atoms with Crippen molar-refractivity contribution in [3.63, 3.8) is 0 Å². The number of ether oxygens (including phenoxy) is 1. The van der Waals surface area contributed by atoms with Gasteiger partial charge in [0.25, 0.3) is 0 Å². The van der Waals surface area contributed by atoms with E-state index >= 15 is 0 Å². The first-order chi connectivity index (χ1) is 13.6. The number of sulfonamides is 1. The van der Waals surface area contributed by atoms with Crippen molar-refractivity contribution in [2.45, 2.75) is 17.8 Å². The molecule has 0 saturated carbocycles. The lowest BCUT2D eigenvalue weighted by Gasteiger charge is -2.12. The summed E-state index contributed by atoms with van der Waals surface area (Å²) in [5.74, 6) is -0.361. The fourth-order valence-corrected chi connectivity index (χ4v) is 4.11. The van der Waals surface area contributed by atoms with Crippen molar-refractivity contribution >= 4 is 32.0 Å². The van der Waals surface area contributed by atoms with Crippen LogP contribution in [0.25, 0.3) is 21.9 Å². The molecular formula is C19H14F3N3O3S. The summed E-state index contributed by atoms with van der Waals surface area (Å²) in [7, 11) is -3.94. The number of nitrogens with zero attached hydrogens (tertiary/aromatic N) is 2. The first-order valence-electron chi connectivity index (χ1n) is 8.37. The molecule has 6 nitrogen and oxygen atoms in total. The molecule has 4 rings (SSSR count). The van der Waals surface area contributed by atoms with Gasteiger partial charge in [-0.1, -0.05) is 18.2 Å². The zero-order valence-corrected chi connectivity index (χ0v) is 15.5. The number of hydrogen-bond donors (Lipinski definition) is 1. The molecule has 0 amide bonds. The quantitative estimate of drug-likeness (QED) is 0.543. The molecule has 0 unspecified atom stereocenters. The van der Waals surface area contributed by atoms with Gasteiger partial charge in [0.2, 0.25) is 10.0 Å². The second-order valence-corrected chi connectivity index (χ2v) is 7.87. The molecule has 0 spiro atoms. The summed E-state index contributed by atoms with van der Waals surface area (Å²) in [4.78, 5) is 4.26. The minimum atomic E-state index is -4.81. The molecule has 0 bridgehead atoms. The van der Waals surface area contributed by atoms with Crippen LogP contribution in [0.1, 0.15) is 5.56 Å². The van der Waals surface area contributed by atoms with Crippen LogP contribution in [0, 0.1) is 0 Å². The third-order valence-electron chi connectivity index (χ3n) is 4.43. The van der Waals surface area contributed by atoms with E-state index in [4.69, 9.17) is 5.14 Å². The molecule has 2 aromatic carbocycles. The van der Waals surface area contributed by atoms with Gasteiger partial charge in [-0.3, -0.25) is 4.98 Å². The van der Waals surface area contributed by atoms with Crippen LogP contribution in [0.3, 0.4) is 0 Å². The Kier molecular flexibility index (Phi) is 4.47. The van der Waals surface area contributed by atoms with Gasteiger partial charge in [0.1, 0.15) is 5.75 Å². The highest BCUT2D eigenvalue weighted by molar-refractivity contribution is 7.89. The van der Waals surface area contributed by atoms with Crippen molar-refractivity contribution in [1.29, 1.82) is 0 Å². The SMILES string of the molecule is NS(=O)(=O)c1ccccc1Cn1c2ccc(OC(F)(F)F)cc2c2ncccc21. The maximum atomic E-state index is 12.6. The average Bonchev–Trinajstić information content (AvgIpc) is 2.94. The number of pyridine rings is 1. The Morgan fingerprint density at radius 3 is 2.52 bits per heavy atom. The normalized spacial score (nSPS) is 12.6. The van der Waals surface area contributed by atoms with Crippen molar-refractivity contribution in [3.8, 4) is 5.75 Å². The Morgan fingerprint density at radius 2 is 1.79 bits per heavy atom. The number of hydrogen-bond acceptors (Lipinski definition) is 4. The van der Waals surface area contributed by atoms with Crippen LogP contribution in [0.2, 0.25) is 0 Å². The predicted octanol–water partition coefficient (Wildman–Crippen LogP) is 3.78. The molecule has 0 aliphatic rings. The fourth-order valence-electron chi connectivity index (χ4n) is 3.34. The maximum absolute atomic E-state index is 12.6. The molecule has 0 fully saturated rings. The molecule has 10 heteroatoms. The summed E-state index contributed by atoms with van der Waals surface area (Å²) >= 11 is 0. The summed E-state index contributed by atoms with van der Waals surface area (Å²) < 4.78 is 67.4. The highest BCUT2D eigenvalue weighted by Crippen LogP contribution is 2.33. The van der Waals surface area contributed by atoms with E-state index in [-0.39, 0.29) is 17.2 Å². The number of aromatic nitrogens is 2. The molecule has 150 valence electrons. The smallest absolute Gasteiger partial charge is 0.406 e. The van der Waals surface area contributed by atoms with E-state index in [1.807, 2.05) is 0 Å². The van der Waals surface area contributed by atoms with Crippen LogP contribution >= 0.6 is 0 Å². The number of rotatable bonds is 4. The molecule has 0 atom stereocenters. The van der Waals surface area contributed by atoms with Gasteiger partial charge in [-0.15, -0.1) is 13.2 Å². The van der Waals surface area contributed by atoms with E-state index in [1.54, 1.807) is 34.9 Å². The monoisotopic (exact) mass is 421 g/mol. The zero-order valence-electron chi connectivity index (χ0n) is 14.7. The van der Waals surface area contributed by atoms with E-state index in [0.29, 0.717) is 27.5 Å². The molecule has 29 heavy (non-hydrogen) atoms. The van der Waals surface area contributed by atoms with Gasteiger partial charge < -0.3 is 9.30 Å². The van der Waals surface area contributed by atoms with Gasteiger partial charge in [-0.25, -0.2) is 13.6 Å². The average molecular weight is 421 g/mol. The van der Waals surface area contributed by atoms with Crippen molar-refractivity contribution in [3.05, 3.63) is 66.4 Å². The summed E-state index contributed by atoms with van der Waals surface area (Å²) in [5, 5.41) is 5.77. The highest BCUT2D eigenvalue weighted by atomic mass is 32.2. The Labute approximate surface area is 163 Å². The number of nitrogens with two attached hydrogens (primary N) is 1. The van der Waals surface area contributed by atoms with E-state index in [2.05, 4.69) is 9.72 Å². The summed E-state index contributed by atoms with van der Waals surface area (Å²) in [6.07, 6.45) is -3.28. The van der Waals surface area contributed by atoms with Crippen molar-refractivity contribution in [2.75, 3.05) is 0 Å². The lowest BCUT2D eigenvalue weighted by Crippen LogP contribution is -2.17. The van der Waals surface area contributed by atoms with Gasteiger partial charge in [-0.05, 0) is 42.0 Å². The first-order valence-corrected chi connectivity index (χ1v) is 9.91. The fraction of sp³-hybridized carbons (Fsp3) is 0.105. The van der Waals surface area contributed by atoms with E-state index in [0.717, 1.165) is 0 Å². The standard InChI is InChI=1S/C19H14F3N3O3S/c20-19(21,22)28-13-7-8-15-14(10-13)18-16(5-3-9-24-18)25(15)11-12-4-1-2-6-17(12)29(23,26)27/h1-10H,11H2,(H2,23,26,27). The van der Waals surface area contributed by atoms with Gasteiger partial charge in [0.05, 0.1) is 21.4 Å². The number of alkyl halides is 3. The lowest BCUT2D eigenvalue weighted by atomic mass is 10.2. The van der Waals surface area contributed by atoms with Gasteiger partial charge in [0, 0.05) is 18.1 Å². The number of halogens is 3. The molecule has 0 aliphatic carbocycles. The van der Waals surface area contributed by atoms with Gasteiger partial charge >= 0.3 is 6.36 Å². The Hall–Kier alpha value is -3.11. The molecule has 0 saturated heterocycles. The summed E-state index contributed by atoms with van der Waals surface area (Å²) in [6.45, 7) is 0.137. The third-order valence-corrected chi connectivity index (χ3v) is 5.44. The maximum Gasteiger partial charge on any atom is 0.573 e. The molecule has 2 heterocycles. The van der Waals surface area contributed by atoms with E-state index < -0.39 is 16.4 Å². The summed E-state index contributed by atoms with van der Waals surface area (Å²) in [6, 6.07) is 13.7. The van der Waals surface area contributed by atoms with Crippen LogP contribution < -0.4 is 9.88 Å². The molecule has 4 aromatic rings. The van der Waals surface area contributed by atoms with Crippen LogP contribution in [-0.2, 0) is 16.6 Å². The molecule has 0 radical (unpaired) electrons. The molecule has 2 aromatic heterocycles. The zero-order chi connectivity index (χ0) is 20.8. The van der Waals surface area contributed by atoms with Gasteiger partial charge in [0.15, 0.2) is 0 Å². The second kappa shape index (κ2) is 6.75. The predicted molar refractivity (Wildman–Crippen MR) is 101 cm³/mol. The van der Waals surface area contributed by atoms with E-state index in [1.165, 1.54) is 30.5 Å². The topological polar surface area (TPSA) is 87.2 Å². The van der Waals surface area contributed by atoms with E-state index in [9.17, 15) is 21.6 Å². The number of primary sulfonamides is 1. The van der Waals surface area contributed by atoms with Crippen LogP contribution in [-0.4, -0.2) is 24.3 Å². The minimum absolute atomic E-state index is 0.0177. The van der Waals surface area contributed by atoms with Gasteiger partial charge in [-0.2, -0.15) is 0 Å². The lowest BCUT2D eigenvalue weighted by molar-refractivity contribution is -0.274. The first kappa shape index (κ1) is 19.2. The summed E-state index contributed by atoms with van der Waals surface area (Å²) in [5.41, 5.74) is 2.14. The highest BCUT2D eigenvalue weighted by Gasteiger charge is 2.31. The largest absolute Gasteiger partial charge is 0.573 e. The molecular weight excluding hydrogens is 407 g/mol. The van der Waals surface area contributed by atoms with Crippen LogP contribution in [0.4, 0.5) is 13.2 Å². The molecule has 2 N–H and O–H groups in total. The molecule has 0 aliphatic heterocycles.